The molecule has 7 nitrogen and oxygen atoms in total. The first-order chi connectivity index (χ1) is 12.2. The molecule has 1 atom stereocenters. The van der Waals surface area contributed by atoms with Crippen molar-refractivity contribution in [1.29, 1.82) is 0 Å². The number of rotatable bonds is 4. The van der Waals surface area contributed by atoms with Gasteiger partial charge >= 0.3 is 6.09 Å². The molecule has 2 amide bonds. The Morgan fingerprint density at radius 1 is 1.15 bits per heavy atom. The zero-order valence-electron chi connectivity index (χ0n) is 15.4. The molecule has 1 N–H and O–H groups in total. The molecule has 0 spiro atoms. The number of benzene rings is 1. The minimum absolute atomic E-state index is 0.294. The van der Waals surface area contributed by atoms with Crippen LogP contribution in [0.3, 0.4) is 0 Å². The maximum absolute atomic E-state index is 12.7. The normalized spacial score (nSPS) is 16.7. The van der Waals surface area contributed by atoms with Crippen LogP contribution in [0.2, 0.25) is 0 Å². The molecule has 142 valence electrons. The quantitative estimate of drug-likeness (QED) is 0.815. The average molecular weight is 379 g/mol. The summed E-state index contributed by atoms with van der Waals surface area (Å²) in [5.74, 6) is -0.294. The van der Waals surface area contributed by atoms with Crippen molar-refractivity contribution in [2.45, 2.75) is 31.3 Å². The molecule has 0 saturated carbocycles. The van der Waals surface area contributed by atoms with E-state index >= 15 is 0 Å². The van der Waals surface area contributed by atoms with Crippen molar-refractivity contribution < 1.29 is 18.5 Å². The maximum atomic E-state index is 12.7. The summed E-state index contributed by atoms with van der Waals surface area (Å²) in [6, 6.07) is 6.83. The van der Waals surface area contributed by atoms with Gasteiger partial charge in [0.15, 0.2) is 0 Å². The van der Waals surface area contributed by atoms with E-state index in [1.54, 1.807) is 29.2 Å². The van der Waals surface area contributed by atoms with Crippen molar-refractivity contribution >= 4 is 28.7 Å². The van der Waals surface area contributed by atoms with Crippen molar-refractivity contribution in [2.75, 3.05) is 31.5 Å². The number of amides is 2. The number of nitrogens with one attached hydrogen (secondary N) is 1. The van der Waals surface area contributed by atoms with E-state index in [-0.39, 0.29) is 12.0 Å². The standard InChI is InChI=1S/C18H25N3O4S/c1-5-16(22)19-14-6-8-15(9-7-14)26(24)21-12-10-20(11-13-21)17(23)25-18(2,3)4/h5-9H,1,10-13H2,2-4H3,(H,19,22). The van der Waals surface area contributed by atoms with Gasteiger partial charge in [-0.1, -0.05) is 6.58 Å². The largest absolute Gasteiger partial charge is 0.444 e. The average Bonchev–Trinajstić information content (AvgIpc) is 2.60. The van der Waals surface area contributed by atoms with Gasteiger partial charge in [0.25, 0.3) is 0 Å². The number of anilines is 1. The lowest BCUT2D eigenvalue weighted by Crippen LogP contribution is -2.50. The number of carbonyl (C=O) groups excluding carboxylic acids is 2. The fourth-order valence-electron chi connectivity index (χ4n) is 2.36. The Bertz CT molecular complexity index is 689. The lowest BCUT2D eigenvalue weighted by Gasteiger charge is -2.34. The van der Waals surface area contributed by atoms with E-state index in [0.29, 0.717) is 36.8 Å². The molecule has 1 aromatic carbocycles. The number of carbonyl (C=O) groups is 2. The summed E-state index contributed by atoms with van der Waals surface area (Å²) in [6.07, 6.45) is 0.848. The van der Waals surface area contributed by atoms with Crippen LogP contribution in [0.4, 0.5) is 10.5 Å². The van der Waals surface area contributed by atoms with Gasteiger partial charge in [-0.15, -0.1) is 0 Å². The van der Waals surface area contributed by atoms with E-state index in [1.807, 2.05) is 25.1 Å². The van der Waals surface area contributed by atoms with Crippen LogP contribution < -0.4 is 5.32 Å². The van der Waals surface area contributed by atoms with Gasteiger partial charge in [-0.25, -0.2) is 13.3 Å². The number of hydrogen-bond donors (Lipinski definition) is 1. The molecule has 2 rings (SSSR count). The van der Waals surface area contributed by atoms with Crippen molar-refractivity contribution in [3.05, 3.63) is 36.9 Å². The van der Waals surface area contributed by atoms with Crippen LogP contribution in [0, 0.1) is 0 Å². The molecular weight excluding hydrogens is 354 g/mol. The Morgan fingerprint density at radius 3 is 2.23 bits per heavy atom. The molecular formula is C18H25N3O4S. The molecule has 1 fully saturated rings. The first-order valence-electron chi connectivity index (χ1n) is 8.38. The summed E-state index contributed by atoms with van der Waals surface area (Å²) in [6.45, 7) is 10.8. The third-order valence-corrected chi connectivity index (χ3v) is 5.14. The van der Waals surface area contributed by atoms with E-state index in [0.717, 1.165) is 0 Å². The molecule has 1 saturated heterocycles. The summed E-state index contributed by atoms with van der Waals surface area (Å²) in [5, 5.41) is 2.65. The molecule has 0 radical (unpaired) electrons. The minimum Gasteiger partial charge on any atom is -0.444 e. The first-order valence-corrected chi connectivity index (χ1v) is 9.48. The van der Waals surface area contributed by atoms with E-state index in [2.05, 4.69) is 11.9 Å². The van der Waals surface area contributed by atoms with E-state index in [4.69, 9.17) is 4.74 Å². The maximum Gasteiger partial charge on any atom is 0.410 e. The molecule has 0 aromatic heterocycles. The van der Waals surface area contributed by atoms with Crippen molar-refractivity contribution in [3.8, 4) is 0 Å². The van der Waals surface area contributed by atoms with Crippen molar-refractivity contribution in [3.63, 3.8) is 0 Å². The van der Waals surface area contributed by atoms with Crippen molar-refractivity contribution in [2.24, 2.45) is 0 Å². The van der Waals surface area contributed by atoms with Crippen molar-refractivity contribution in [1.82, 2.24) is 9.21 Å². The molecule has 26 heavy (non-hydrogen) atoms. The van der Waals surface area contributed by atoms with Gasteiger partial charge in [-0.3, -0.25) is 4.79 Å². The van der Waals surface area contributed by atoms with Gasteiger partial charge in [0.05, 0.1) is 4.90 Å². The fourth-order valence-corrected chi connectivity index (χ4v) is 3.52. The number of piperazine rings is 1. The highest BCUT2D eigenvalue weighted by molar-refractivity contribution is 7.82. The Hall–Kier alpha value is -2.19. The van der Waals surface area contributed by atoms with Crippen LogP contribution in [0.15, 0.2) is 41.8 Å². The van der Waals surface area contributed by atoms with Crippen LogP contribution in [-0.4, -0.2) is 57.2 Å². The zero-order chi connectivity index (χ0) is 19.3. The number of ether oxygens (including phenoxy) is 1. The molecule has 1 heterocycles. The highest BCUT2D eigenvalue weighted by Gasteiger charge is 2.28. The Balaban J connectivity index is 1.91. The van der Waals surface area contributed by atoms with Crippen LogP contribution in [-0.2, 0) is 20.5 Å². The highest BCUT2D eigenvalue weighted by atomic mass is 32.2. The summed E-state index contributed by atoms with van der Waals surface area (Å²) in [5.41, 5.74) is 0.0881. The Morgan fingerprint density at radius 2 is 1.73 bits per heavy atom. The third-order valence-electron chi connectivity index (χ3n) is 3.63. The van der Waals surface area contributed by atoms with Crippen LogP contribution in [0.25, 0.3) is 0 Å². The van der Waals surface area contributed by atoms with Crippen LogP contribution in [0.5, 0.6) is 0 Å². The molecule has 1 aromatic rings. The predicted octanol–water partition coefficient (Wildman–Crippen LogP) is 2.39. The topological polar surface area (TPSA) is 79.0 Å². The minimum atomic E-state index is -1.32. The van der Waals surface area contributed by atoms with Gasteiger partial charge < -0.3 is 15.0 Å². The molecule has 1 unspecified atom stereocenters. The highest BCUT2D eigenvalue weighted by Crippen LogP contribution is 2.18. The van der Waals surface area contributed by atoms with Crippen LogP contribution in [0.1, 0.15) is 20.8 Å². The van der Waals surface area contributed by atoms with Gasteiger partial charge in [0.1, 0.15) is 16.6 Å². The second kappa shape index (κ2) is 8.46. The fraction of sp³-hybridized carbons (Fsp3) is 0.444. The second-order valence-electron chi connectivity index (χ2n) is 6.86. The van der Waals surface area contributed by atoms with E-state index in [9.17, 15) is 13.8 Å². The summed E-state index contributed by atoms with van der Waals surface area (Å²) >= 11 is 0. The Labute approximate surface area is 156 Å². The van der Waals surface area contributed by atoms with Gasteiger partial charge in [0, 0.05) is 31.9 Å². The smallest absolute Gasteiger partial charge is 0.410 e. The van der Waals surface area contributed by atoms with E-state index in [1.165, 1.54) is 6.08 Å². The second-order valence-corrected chi connectivity index (χ2v) is 8.35. The summed E-state index contributed by atoms with van der Waals surface area (Å²) in [4.78, 5) is 25.6. The zero-order valence-corrected chi connectivity index (χ0v) is 16.2. The molecule has 1 aliphatic rings. The first kappa shape index (κ1) is 20.1. The molecule has 0 bridgehead atoms. The van der Waals surface area contributed by atoms with Crippen LogP contribution >= 0.6 is 0 Å². The molecule has 8 heteroatoms. The monoisotopic (exact) mass is 379 g/mol. The predicted molar refractivity (Wildman–Crippen MR) is 101 cm³/mol. The number of hydrogen-bond acceptors (Lipinski definition) is 4. The SMILES string of the molecule is C=CC(=O)Nc1ccc(S(=O)N2CCN(C(=O)OC(C)(C)C)CC2)cc1. The lowest BCUT2D eigenvalue weighted by atomic mass is 10.2. The molecule has 0 aliphatic carbocycles. The number of nitrogens with zero attached hydrogens (tertiary/aromatic N) is 2. The van der Waals surface area contributed by atoms with Gasteiger partial charge in [0.2, 0.25) is 5.91 Å². The Kier molecular flexibility index (Phi) is 6.55. The van der Waals surface area contributed by atoms with Gasteiger partial charge in [-0.05, 0) is 51.1 Å². The van der Waals surface area contributed by atoms with Gasteiger partial charge in [-0.2, -0.15) is 0 Å². The summed E-state index contributed by atoms with van der Waals surface area (Å²) < 4.78 is 19.9. The lowest BCUT2D eigenvalue weighted by molar-refractivity contribution is -0.111. The third kappa shape index (κ3) is 5.67. The molecule has 1 aliphatic heterocycles. The summed E-state index contributed by atoms with van der Waals surface area (Å²) in [7, 11) is -1.32. The van der Waals surface area contributed by atoms with E-state index < -0.39 is 16.6 Å².